The maximum absolute atomic E-state index is 12.3. The van der Waals surface area contributed by atoms with Gasteiger partial charge < -0.3 is 11.1 Å². The number of rotatable bonds is 6. The fourth-order valence-electron chi connectivity index (χ4n) is 2.97. The number of hydrogen-bond acceptors (Lipinski definition) is 2. The van der Waals surface area contributed by atoms with E-state index in [-0.39, 0.29) is 29.8 Å². The molecule has 24 heavy (non-hydrogen) atoms. The van der Waals surface area contributed by atoms with E-state index in [9.17, 15) is 4.79 Å². The maximum atomic E-state index is 12.3. The minimum Gasteiger partial charge on any atom is -0.352 e. The summed E-state index contributed by atoms with van der Waals surface area (Å²) in [6.07, 6.45) is 0.851. The molecule has 2 unspecified atom stereocenters. The second kappa shape index (κ2) is 8.86. The molecule has 0 fully saturated rings. The fourth-order valence-corrected chi connectivity index (χ4v) is 2.97. The molecule has 4 heteroatoms. The highest BCUT2D eigenvalue weighted by Crippen LogP contribution is 2.28. The third kappa shape index (κ3) is 5.36. The van der Waals surface area contributed by atoms with Crippen LogP contribution in [0.1, 0.15) is 44.4 Å². The summed E-state index contributed by atoms with van der Waals surface area (Å²) in [5.41, 5.74) is 8.15. The second-order valence-electron chi connectivity index (χ2n) is 6.75. The summed E-state index contributed by atoms with van der Waals surface area (Å²) >= 11 is 0. The van der Waals surface area contributed by atoms with Gasteiger partial charge in [0.1, 0.15) is 6.04 Å². The van der Waals surface area contributed by atoms with E-state index in [1.165, 1.54) is 5.56 Å². The predicted molar refractivity (Wildman–Crippen MR) is 102 cm³/mol. The third-order valence-corrected chi connectivity index (χ3v) is 4.20. The Morgan fingerprint density at radius 3 is 2.08 bits per heavy atom. The molecule has 130 valence electrons. The molecule has 2 rings (SSSR count). The molecule has 0 radical (unpaired) electrons. The highest BCUT2D eigenvalue weighted by atomic mass is 35.5. The maximum Gasteiger partial charge on any atom is 0.241 e. The van der Waals surface area contributed by atoms with Crippen LogP contribution in [0, 0.1) is 0 Å². The number of halogens is 1. The lowest BCUT2D eigenvalue weighted by Crippen LogP contribution is -2.42. The zero-order chi connectivity index (χ0) is 16.9. The van der Waals surface area contributed by atoms with E-state index < -0.39 is 6.04 Å². The van der Waals surface area contributed by atoms with Crippen molar-refractivity contribution in [3.63, 3.8) is 0 Å². The number of carbonyl (C=O) groups excluding carboxylic acids is 1. The standard InChI is InChI=1S/C20H26N2O.ClH/c1-15(14-20(2,3)17-12-8-5-9-13-17)22-19(23)18(21)16-10-6-4-7-11-16;/h4-13,15,18H,14,21H2,1-3H3,(H,22,23);1H. The fraction of sp³-hybridized carbons (Fsp3) is 0.350. The van der Waals surface area contributed by atoms with Crippen LogP contribution in [0.25, 0.3) is 0 Å². The monoisotopic (exact) mass is 346 g/mol. The Labute approximate surface area is 151 Å². The zero-order valence-electron chi connectivity index (χ0n) is 14.5. The number of nitrogens with two attached hydrogens (primary N) is 1. The summed E-state index contributed by atoms with van der Waals surface area (Å²) in [6, 6.07) is 19.3. The summed E-state index contributed by atoms with van der Waals surface area (Å²) < 4.78 is 0. The number of nitrogens with one attached hydrogen (secondary N) is 1. The van der Waals surface area contributed by atoms with Crippen molar-refractivity contribution in [2.45, 2.75) is 44.7 Å². The molecule has 2 atom stereocenters. The van der Waals surface area contributed by atoms with Gasteiger partial charge in [-0.2, -0.15) is 0 Å². The molecule has 0 saturated heterocycles. The van der Waals surface area contributed by atoms with E-state index in [1.807, 2.05) is 55.5 Å². The van der Waals surface area contributed by atoms with Crippen molar-refractivity contribution in [2.24, 2.45) is 5.73 Å². The van der Waals surface area contributed by atoms with Crippen LogP contribution in [0.2, 0.25) is 0 Å². The molecule has 3 nitrogen and oxygen atoms in total. The van der Waals surface area contributed by atoms with Crippen molar-refractivity contribution in [1.82, 2.24) is 5.32 Å². The Morgan fingerprint density at radius 1 is 1.04 bits per heavy atom. The summed E-state index contributed by atoms with van der Waals surface area (Å²) in [5.74, 6) is -0.132. The lowest BCUT2D eigenvalue weighted by atomic mass is 9.79. The van der Waals surface area contributed by atoms with Gasteiger partial charge in [-0.1, -0.05) is 74.5 Å². The molecule has 0 heterocycles. The summed E-state index contributed by atoms with van der Waals surface area (Å²) in [4.78, 5) is 12.3. The number of hydrogen-bond donors (Lipinski definition) is 2. The average Bonchev–Trinajstić information content (AvgIpc) is 2.55. The molecular weight excluding hydrogens is 320 g/mol. The average molecular weight is 347 g/mol. The van der Waals surface area contributed by atoms with Gasteiger partial charge in [0.25, 0.3) is 0 Å². The van der Waals surface area contributed by atoms with Crippen LogP contribution in [0.15, 0.2) is 60.7 Å². The molecule has 0 bridgehead atoms. The molecule has 3 N–H and O–H groups in total. The zero-order valence-corrected chi connectivity index (χ0v) is 15.3. The minimum atomic E-state index is -0.626. The van der Waals surface area contributed by atoms with Crippen LogP contribution in [-0.4, -0.2) is 11.9 Å². The van der Waals surface area contributed by atoms with Crippen molar-refractivity contribution in [3.05, 3.63) is 71.8 Å². The van der Waals surface area contributed by atoms with Gasteiger partial charge in [0.15, 0.2) is 0 Å². The van der Waals surface area contributed by atoms with Crippen LogP contribution < -0.4 is 11.1 Å². The van der Waals surface area contributed by atoms with E-state index in [0.29, 0.717) is 0 Å². The van der Waals surface area contributed by atoms with E-state index in [1.54, 1.807) is 0 Å². The highest BCUT2D eigenvalue weighted by molar-refractivity contribution is 5.85. The molecule has 2 aromatic rings. The van der Waals surface area contributed by atoms with Gasteiger partial charge in [0.2, 0.25) is 5.91 Å². The number of amides is 1. The van der Waals surface area contributed by atoms with Gasteiger partial charge in [-0.25, -0.2) is 0 Å². The molecule has 0 aliphatic carbocycles. The number of carbonyl (C=O) groups is 1. The molecule has 2 aromatic carbocycles. The Hall–Kier alpha value is -1.84. The van der Waals surface area contributed by atoms with E-state index in [2.05, 4.69) is 31.3 Å². The molecule has 0 aromatic heterocycles. The highest BCUT2D eigenvalue weighted by Gasteiger charge is 2.25. The minimum absolute atomic E-state index is 0. The lowest BCUT2D eigenvalue weighted by molar-refractivity contribution is -0.123. The molecule has 0 spiro atoms. The van der Waals surface area contributed by atoms with E-state index in [0.717, 1.165) is 12.0 Å². The Kier molecular flexibility index (Phi) is 7.46. The molecule has 1 amide bonds. The smallest absolute Gasteiger partial charge is 0.241 e. The summed E-state index contributed by atoms with van der Waals surface area (Å²) in [5, 5.41) is 3.04. The first-order chi connectivity index (χ1) is 10.9. The van der Waals surface area contributed by atoms with Crippen LogP contribution >= 0.6 is 12.4 Å². The Morgan fingerprint density at radius 2 is 1.54 bits per heavy atom. The largest absolute Gasteiger partial charge is 0.352 e. The van der Waals surface area contributed by atoms with Crippen molar-refractivity contribution in [1.29, 1.82) is 0 Å². The van der Waals surface area contributed by atoms with Gasteiger partial charge in [-0.3, -0.25) is 4.79 Å². The molecule has 0 saturated carbocycles. The second-order valence-corrected chi connectivity index (χ2v) is 6.75. The van der Waals surface area contributed by atoms with Crippen LogP contribution in [0.3, 0.4) is 0 Å². The van der Waals surface area contributed by atoms with Crippen molar-refractivity contribution >= 4 is 18.3 Å². The Bertz CT molecular complexity index is 629. The first-order valence-electron chi connectivity index (χ1n) is 8.06. The van der Waals surface area contributed by atoms with E-state index >= 15 is 0 Å². The van der Waals surface area contributed by atoms with Crippen molar-refractivity contribution in [3.8, 4) is 0 Å². The molecule has 0 aliphatic rings. The van der Waals surface area contributed by atoms with Crippen LogP contribution in [0.5, 0.6) is 0 Å². The number of benzene rings is 2. The quantitative estimate of drug-likeness (QED) is 0.831. The first-order valence-corrected chi connectivity index (χ1v) is 8.06. The molecular formula is C20H27ClN2O. The summed E-state index contributed by atoms with van der Waals surface area (Å²) in [7, 11) is 0. The third-order valence-electron chi connectivity index (χ3n) is 4.20. The van der Waals surface area contributed by atoms with Gasteiger partial charge in [-0.15, -0.1) is 12.4 Å². The van der Waals surface area contributed by atoms with E-state index in [4.69, 9.17) is 5.73 Å². The van der Waals surface area contributed by atoms with Crippen molar-refractivity contribution in [2.75, 3.05) is 0 Å². The van der Waals surface area contributed by atoms with Gasteiger partial charge in [0, 0.05) is 6.04 Å². The normalized spacial score (nSPS) is 13.5. The summed E-state index contributed by atoms with van der Waals surface area (Å²) in [6.45, 7) is 6.42. The van der Waals surface area contributed by atoms with Crippen molar-refractivity contribution < 1.29 is 4.79 Å². The van der Waals surface area contributed by atoms with Gasteiger partial charge in [0.05, 0.1) is 0 Å². The first kappa shape index (κ1) is 20.2. The molecule has 0 aliphatic heterocycles. The lowest BCUT2D eigenvalue weighted by Gasteiger charge is -2.29. The van der Waals surface area contributed by atoms with Crippen LogP contribution in [-0.2, 0) is 10.2 Å². The predicted octanol–water partition coefficient (Wildman–Crippen LogP) is 3.98. The van der Waals surface area contributed by atoms with Gasteiger partial charge in [-0.05, 0) is 29.9 Å². The Balaban J connectivity index is 0.00000288. The SMILES string of the molecule is CC(CC(C)(C)c1ccccc1)NC(=O)C(N)c1ccccc1.Cl. The topological polar surface area (TPSA) is 55.1 Å². The van der Waals surface area contributed by atoms with Gasteiger partial charge >= 0.3 is 0 Å². The van der Waals surface area contributed by atoms with Crippen LogP contribution in [0.4, 0.5) is 0 Å².